The highest BCUT2D eigenvalue weighted by molar-refractivity contribution is 8.00. The second-order valence-electron chi connectivity index (χ2n) is 10.3. The van der Waals surface area contributed by atoms with Gasteiger partial charge in [0.25, 0.3) is 0 Å². The minimum atomic E-state index is -0.504. The lowest BCUT2D eigenvalue weighted by Gasteiger charge is -2.18. The Balaban J connectivity index is 1.48. The van der Waals surface area contributed by atoms with Crippen LogP contribution in [-0.2, 0) is 9.59 Å². The molecule has 1 unspecified atom stereocenters. The minimum absolute atomic E-state index is 0.0228. The molecular weight excluding hydrogens is 542 g/mol. The first kappa shape index (κ1) is 29.2. The van der Waals surface area contributed by atoms with Crippen molar-refractivity contribution < 1.29 is 19.1 Å². The van der Waals surface area contributed by atoms with E-state index in [0.29, 0.717) is 23.1 Å². The average molecular weight is 576 g/mol. The number of benzene rings is 3. The number of ether oxygens (including phenoxy) is 2. The number of anilines is 2. The van der Waals surface area contributed by atoms with Crippen LogP contribution in [0.2, 0.25) is 0 Å². The van der Waals surface area contributed by atoms with E-state index in [1.807, 2.05) is 98.9 Å². The number of hydrogen-bond acceptors (Lipinski definition) is 7. The van der Waals surface area contributed by atoms with Gasteiger partial charge in [-0.1, -0.05) is 51.1 Å². The van der Waals surface area contributed by atoms with Crippen molar-refractivity contribution in [1.82, 2.24) is 4.98 Å². The molecule has 4 aromatic rings. The summed E-state index contributed by atoms with van der Waals surface area (Å²) >= 11 is 2.80. The van der Waals surface area contributed by atoms with Gasteiger partial charge in [-0.05, 0) is 53.4 Å². The number of rotatable bonds is 10. The Morgan fingerprint density at radius 2 is 1.62 bits per heavy atom. The number of carbonyl (C=O) groups excluding carboxylic acids is 2. The third-order valence-electron chi connectivity index (χ3n) is 5.84. The first-order chi connectivity index (χ1) is 19.1. The van der Waals surface area contributed by atoms with Gasteiger partial charge in [-0.25, -0.2) is 4.98 Å². The summed E-state index contributed by atoms with van der Waals surface area (Å²) in [5.74, 6) is 1.05. The van der Waals surface area contributed by atoms with Crippen LogP contribution in [0.15, 0.2) is 83.1 Å². The summed E-state index contributed by atoms with van der Waals surface area (Å²) in [6.45, 7) is 6.09. The molecule has 0 aliphatic rings. The number of methoxy groups -OCH3 is 2. The number of nitrogens with one attached hydrogen (secondary N) is 2. The molecule has 0 aliphatic heterocycles. The van der Waals surface area contributed by atoms with Crippen molar-refractivity contribution in [1.29, 1.82) is 0 Å². The van der Waals surface area contributed by atoms with Crippen LogP contribution in [0.3, 0.4) is 0 Å². The van der Waals surface area contributed by atoms with Gasteiger partial charge in [0, 0.05) is 27.9 Å². The van der Waals surface area contributed by atoms with Gasteiger partial charge >= 0.3 is 0 Å². The van der Waals surface area contributed by atoms with Crippen molar-refractivity contribution >= 4 is 45.7 Å². The Labute approximate surface area is 243 Å². The predicted molar refractivity (Wildman–Crippen MR) is 163 cm³/mol. The lowest BCUT2D eigenvalue weighted by molar-refractivity contribution is -0.118. The van der Waals surface area contributed by atoms with Gasteiger partial charge in [-0.3, -0.25) is 9.59 Å². The molecule has 1 aromatic heterocycles. The summed E-state index contributed by atoms with van der Waals surface area (Å²) in [6.07, 6.45) is 0.435. The van der Waals surface area contributed by atoms with Gasteiger partial charge in [-0.15, -0.1) is 23.1 Å². The molecule has 0 aliphatic carbocycles. The zero-order valence-corrected chi connectivity index (χ0v) is 24.8. The van der Waals surface area contributed by atoms with Crippen molar-refractivity contribution in [2.45, 2.75) is 37.3 Å². The molecule has 2 N–H and O–H groups in total. The maximum atomic E-state index is 13.5. The fourth-order valence-electron chi connectivity index (χ4n) is 3.97. The Morgan fingerprint density at radius 1 is 0.925 bits per heavy atom. The molecule has 0 spiro atoms. The Bertz CT molecular complexity index is 1450. The van der Waals surface area contributed by atoms with Gasteiger partial charge in [0.15, 0.2) is 16.6 Å². The summed E-state index contributed by atoms with van der Waals surface area (Å²) in [6, 6.07) is 22.8. The summed E-state index contributed by atoms with van der Waals surface area (Å²) in [5, 5.41) is 7.84. The Morgan fingerprint density at radius 3 is 2.27 bits per heavy atom. The van der Waals surface area contributed by atoms with E-state index < -0.39 is 5.25 Å². The van der Waals surface area contributed by atoms with Crippen molar-refractivity contribution in [3.8, 4) is 22.8 Å². The largest absolute Gasteiger partial charge is 0.493 e. The molecule has 1 atom stereocenters. The Hall–Kier alpha value is -3.82. The number of amides is 2. The number of thiazole rings is 1. The molecule has 0 saturated heterocycles. The molecule has 9 heteroatoms. The van der Waals surface area contributed by atoms with E-state index in [2.05, 4.69) is 15.6 Å². The molecule has 0 fully saturated rings. The normalized spacial score (nSPS) is 11.9. The topological polar surface area (TPSA) is 89.6 Å². The number of hydrogen-bond donors (Lipinski definition) is 2. The number of carbonyl (C=O) groups is 2. The van der Waals surface area contributed by atoms with Gasteiger partial charge in [0.2, 0.25) is 11.8 Å². The summed E-state index contributed by atoms with van der Waals surface area (Å²) < 4.78 is 10.7. The summed E-state index contributed by atoms with van der Waals surface area (Å²) in [5.41, 5.74) is 3.11. The van der Waals surface area contributed by atoms with E-state index in [1.165, 1.54) is 23.1 Å². The van der Waals surface area contributed by atoms with Crippen LogP contribution in [0.1, 0.15) is 38.0 Å². The molecule has 4 rings (SSSR count). The van der Waals surface area contributed by atoms with Crippen molar-refractivity contribution in [3.63, 3.8) is 0 Å². The molecule has 0 saturated carbocycles. The predicted octanol–water partition coefficient (Wildman–Crippen LogP) is 7.67. The highest BCUT2D eigenvalue weighted by Crippen LogP contribution is 2.38. The second-order valence-corrected chi connectivity index (χ2v) is 12.4. The molecule has 7 nitrogen and oxygen atoms in total. The molecule has 40 heavy (non-hydrogen) atoms. The van der Waals surface area contributed by atoms with Crippen LogP contribution in [0.4, 0.5) is 10.8 Å². The molecule has 1 heterocycles. The first-order valence-electron chi connectivity index (χ1n) is 12.8. The quantitative estimate of drug-likeness (QED) is 0.189. The minimum Gasteiger partial charge on any atom is -0.493 e. The van der Waals surface area contributed by atoms with E-state index in [1.54, 1.807) is 14.2 Å². The molecule has 0 bridgehead atoms. The van der Waals surface area contributed by atoms with Gasteiger partial charge < -0.3 is 20.1 Å². The monoisotopic (exact) mass is 575 g/mol. The van der Waals surface area contributed by atoms with Crippen LogP contribution in [0.25, 0.3) is 11.3 Å². The maximum Gasteiger partial charge on any atom is 0.244 e. The highest BCUT2D eigenvalue weighted by Gasteiger charge is 2.24. The summed E-state index contributed by atoms with van der Waals surface area (Å²) in [4.78, 5) is 31.4. The van der Waals surface area contributed by atoms with Crippen molar-refractivity contribution in [2.24, 2.45) is 5.41 Å². The van der Waals surface area contributed by atoms with Gasteiger partial charge in [0.1, 0.15) is 5.25 Å². The molecule has 208 valence electrons. The van der Waals surface area contributed by atoms with Crippen LogP contribution in [0, 0.1) is 5.41 Å². The van der Waals surface area contributed by atoms with Crippen LogP contribution >= 0.6 is 23.1 Å². The van der Waals surface area contributed by atoms with E-state index in [9.17, 15) is 9.59 Å². The van der Waals surface area contributed by atoms with Crippen LogP contribution in [-0.4, -0.2) is 31.0 Å². The lowest BCUT2D eigenvalue weighted by Crippen LogP contribution is -2.19. The number of nitrogens with zero attached hydrogens (tertiary/aromatic N) is 1. The standard InChI is InChI=1S/C31H33N3O4S2/c1-31(2,3)18-27(35)32-22-12-14-23(15-13-22)40-28(20-9-7-6-8-10-20)29(36)34-30-33-24(19-39-30)21-11-16-25(37-4)26(17-21)38-5/h6-17,19,28H,18H2,1-5H3,(H,32,35)(H,33,34,36). The smallest absolute Gasteiger partial charge is 0.244 e. The van der Waals surface area contributed by atoms with E-state index >= 15 is 0 Å². The van der Waals surface area contributed by atoms with Crippen molar-refractivity contribution in [2.75, 3.05) is 24.9 Å². The van der Waals surface area contributed by atoms with Gasteiger partial charge in [0.05, 0.1) is 19.9 Å². The first-order valence-corrected chi connectivity index (χ1v) is 14.5. The SMILES string of the molecule is COc1ccc(-c2csc(NC(=O)C(Sc3ccc(NC(=O)CC(C)(C)C)cc3)c3ccccc3)n2)cc1OC. The Kier molecular flexibility index (Phi) is 9.50. The number of thioether (sulfide) groups is 1. The fraction of sp³-hybridized carbons (Fsp3) is 0.258. The zero-order valence-electron chi connectivity index (χ0n) is 23.2. The zero-order chi connectivity index (χ0) is 28.7. The number of aromatic nitrogens is 1. The van der Waals surface area contributed by atoms with Gasteiger partial charge in [-0.2, -0.15) is 0 Å². The maximum absolute atomic E-state index is 13.5. The van der Waals surface area contributed by atoms with Crippen LogP contribution in [0.5, 0.6) is 11.5 Å². The summed E-state index contributed by atoms with van der Waals surface area (Å²) in [7, 11) is 3.18. The fourth-order valence-corrected chi connectivity index (χ4v) is 5.72. The second kappa shape index (κ2) is 13.0. The highest BCUT2D eigenvalue weighted by atomic mass is 32.2. The van der Waals surface area contributed by atoms with E-state index in [-0.39, 0.29) is 17.2 Å². The average Bonchev–Trinajstić information content (AvgIpc) is 3.40. The van der Waals surface area contributed by atoms with Crippen LogP contribution < -0.4 is 20.1 Å². The molecule has 2 amide bonds. The molecule has 0 radical (unpaired) electrons. The molecular formula is C31H33N3O4S2. The van der Waals surface area contributed by atoms with E-state index in [0.717, 1.165) is 27.4 Å². The van der Waals surface area contributed by atoms with Crippen molar-refractivity contribution in [3.05, 3.63) is 83.7 Å². The third-order valence-corrected chi connectivity index (χ3v) is 7.86. The lowest BCUT2D eigenvalue weighted by atomic mass is 9.92. The van der Waals surface area contributed by atoms with E-state index in [4.69, 9.17) is 9.47 Å². The third kappa shape index (κ3) is 7.86. The molecule has 3 aromatic carbocycles.